The largest absolute Gasteiger partial charge is 0.381 e. The Balaban J connectivity index is 1.92. The van der Waals surface area contributed by atoms with Gasteiger partial charge in [-0.05, 0) is 31.0 Å². The summed E-state index contributed by atoms with van der Waals surface area (Å²) < 4.78 is 33.4. The Labute approximate surface area is 132 Å². The van der Waals surface area contributed by atoms with Crippen molar-refractivity contribution < 1.29 is 23.1 Å². The van der Waals surface area contributed by atoms with Gasteiger partial charge in [0.15, 0.2) is 0 Å². The zero-order valence-electron chi connectivity index (χ0n) is 12.8. The highest BCUT2D eigenvalue weighted by Gasteiger charge is 2.54. The number of benzene rings is 1. The Bertz CT molecular complexity index is 656. The monoisotopic (exact) mass is 324 g/mol. The summed E-state index contributed by atoms with van der Waals surface area (Å²) >= 11 is 0. The van der Waals surface area contributed by atoms with Crippen molar-refractivity contribution >= 4 is 11.8 Å². The first-order valence-electron chi connectivity index (χ1n) is 7.48. The molecule has 0 radical (unpaired) electrons. The third-order valence-corrected chi connectivity index (χ3v) is 4.89. The number of likely N-dealkylation sites (tertiary alicyclic amines) is 1. The molecule has 2 fully saturated rings. The Morgan fingerprint density at radius 2 is 2.00 bits per heavy atom. The topological polar surface area (TPSA) is 72.6 Å². The number of nitrogens with two attached hydrogens (primary N) is 1. The highest BCUT2D eigenvalue weighted by molar-refractivity contribution is 5.96. The Morgan fingerprint density at radius 3 is 2.57 bits per heavy atom. The van der Waals surface area contributed by atoms with E-state index in [4.69, 9.17) is 10.5 Å². The molecule has 0 spiro atoms. The molecule has 23 heavy (non-hydrogen) atoms. The summed E-state index contributed by atoms with van der Waals surface area (Å²) in [5.41, 5.74) is 4.48. The van der Waals surface area contributed by atoms with E-state index in [0.29, 0.717) is 25.2 Å². The van der Waals surface area contributed by atoms with E-state index in [9.17, 15) is 18.4 Å². The number of primary amides is 1. The van der Waals surface area contributed by atoms with Crippen molar-refractivity contribution in [2.45, 2.75) is 13.3 Å². The molecule has 2 amide bonds. The average molecular weight is 324 g/mol. The lowest BCUT2D eigenvalue weighted by Crippen LogP contribution is -2.48. The number of aryl methyl sites for hydroxylation is 1. The van der Waals surface area contributed by atoms with Crippen molar-refractivity contribution in [3.63, 3.8) is 0 Å². The van der Waals surface area contributed by atoms with E-state index >= 15 is 0 Å². The minimum Gasteiger partial charge on any atom is -0.381 e. The number of amides is 2. The average Bonchev–Trinajstić information content (AvgIpc) is 2.87. The molecule has 124 valence electrons. The van der Waals surface area contributed by atoms with Crippen molar-refractivity contribution in [3.8, 4) is 0 Å². The summed E-state index contributed by atoms with van der Waals surface area (Å²) in [6, 6.07) is 2.23. The van der Waals surface area contributed by atoms with Crippen LogP contribution in [0.1, 0.15) is 22.3 Å². The number of halogens is 2. The van der Waals surface area contributed by atoms with Crippen LogP contribution >= 0.6 is 0 Å². The molecule has 2 aliphatic rings. The molecule has 2 atom stereocenters. The zero-order valence-corrected chi connectivity index (χ0v) is 12.8. The maximum absolute atomic E-state index is 14.0. The van der Waals surface area contributed by atoms with Gasteiger partial charge >= 0.3 is 0 Å². The predicted octanol–water partition coefficient (Wildman–Crippen LogP) is 1.24. The number of hydrogen-bond donors (Lipinski definition) is 1. The van der Waals surface area contributed by atoms with Gasteiger partial charge in [-0.15, -0.1) is 0 Å². The fourth-order valence-corrected chi connectivity index (χ4v) is 3.57. The first kappa shape index (κ1) is 15.9. The summed E-state index contributed by atoms with van der Waals surface area (Å²) in [6.07, 6.45) is 0.412. The molecular weight excluding hydrogens is 306 g/mol. The van der Waals surface area contributed by atoms with Crippen LogP contribution in [-0.4, -0.2) is 43.0 Å². The van der Waals surface area contributed by atoms with Crippen LogP contribution < -0.4 is 5.73 Å². The summed E-state index contributed by atoms with van der Waals surface area (Å²) in [7, 11) is 0. The van der Waals surface area contributed by atoms with E-state index < -0.39 is 34.4 Å². The van der Waals surface area contributed by atoms with Crippen LogP contribution in [0.3, 0.4) is 0 Å². The number of hydrogen-bond acceptors (Lipinski definition) is 3. The van der Waals surface area contributed by atoms with Gasteiger partial charge in [0.1, 0.15) is 17.2 Å². The molecule has 1 aromatic rings. The molecule has 2 aliphatic heterocycles. The SMILES string of the molecule is Cc1cc(F)c(C(=O)N2C[C@@H]3COCC[C@]3(C(N)=O)C2)c(F)c1. The highest BCUT2D eigenvalue weighted by Crippen LogP contribution is 2.42. The number of nitrogens with zero attached hydrogens (tertiary/aromatic N) is 1. The highest BCUT2D eigenvalue weighted by atomic mass is 19.1. The lowest BCUT2D eigenvalue weighted by molar-refractivity contribution is -0.135. The van der Waals surface area contributed by atoms with Crippen molar-refractivity contribution in [2.24, 2.45) is 17.1 Å². The van der Waals surface area contributed by atoms with Crippen LogP contribution in [0.25, 0.3) is 0 Å². The molecule has 0 unspecified atom stereocenters. The second-order valence-electron chi connectivity index (χ2n) is 6.33. The zero-order chi connectivity index (χ0) is 16.8. The second kappa shape index (κ2) is 5.56. The summed E-state index contributed by atoms with van der Waals surface area (Å²) in [6.45, 7) is 2.51. The van der Waals surface area contributed by atoms with Gasteiger partial charge in [-0.2, -0.15) is 0 Å². The third kappa shape index (κ3) is 2.49. The first-order chi connectivity index (χ1) is 10.8. The standard InChI is InChI=1S/C16H18F2N2O3/c1-9-4-11(17)13(12(18)5-9)14(21)20-6-10-7-23-3-2-16(10,8-20)15(19)22/h4-5,10H,2-3,6-8H2,1H3,(H2,19,22)/t10-,16+/m1/s1. The van der Waals surface area contributed by atoms with Gasteiger partial charge in [0.2, 0.25) is 5.91 Å². The third-order valence-electron chi connectivity index (χ3n) is 4.89. The summed E-state index contributed by atoms with van der Waals surface area (Å²) in [5, 5.41) is 0. The second-order valence-corrected chi connectivity index (χ2v) is 6.33. The van der Waals surface area contributed by atoms with Gasteiger partial charge < -0.3 is 15.4 Å². The molecule has 7 heteroatoms. The van der Waals surface area contributed by atoms with Crippen LogP contribution in [0.15, 0.2) is 12.1 Å². The van der Waals surface area contributed by atoms with E-state index in [1.807, 2.05) is 0 Å². The van der Waals surface area contributed by atoms with Crippen LogP contribution in [0, 0.1) is 29.9 Å². The van der Waals surface area contributed by atoms with Crippen LogP contribution in [0.5, 0.6) is 0 Å². The van der Waals surface area contributed by atoms with Gasteiger partial charge in [0, 0.05) is 25.6 Å². The Hall–Kier alpha value is -2.02. The molecule has 0 aromatic heterocycles. The Kier molecular flexibility index (Phi) is 3.83. The lowest BCUT2D eigenvalue weighted by Gasteiger charge is -2.34. The maximum atomic E-state index is 14.0. The number of rotatable bonds is 2. The van der Waals surface area contributed by atoms with Crippen molar-refractivity contribution in [1.82, 2.24) is 4.90 Å². The van der Waals surface area contributed by atoms with E-state index in [1.54, 1.807) is 6.92 Å². The van der Waals surface area contributed by atoms with Crippen LogP contribution in [0.4, 0.5) is 8.78 Å². The molecule has 2 saturated heterocycles. The fourth-order valence-electron chi connectivity index (χ4n) is 3.57. The van der Waals surface area contributed by atoms with Gasteiger partial charge in [-0.1, -0.05) is 0 Å². The number of ether oxygens (including phenoxy) is 1. The number of carbonyl (C=O) groups is 2. The van der Waals surface area contributed by atoms with Gasteiger partial charge in [-0.25, -0.2) is 8.78 Å². The maximum Gasteiger partial charge on any atom is 0.259 e. The predicted molar refractivity (Wildman–Crippen MR) is 77.6 cm³/mol. The lowest BCUT2D eigenvalue weighted by atomic mass is 9.74. The van der Waals surface area contributed by atoms with Crippen molar-refractivity contribution in [3.05, 3.63) is 34.9 Å². The molecule has 1 aromatic carbocycles. The number of carbonyl (C=O) groups excluding carboxylic acids is 2. The fraction of sp³-hybridized carbons (Fsp3) is 0.500. The van der Waals surface area contributed by atoms with Crippen molar-refractivity contribution in [2.75, 3.05) is 26.3 Å². The number of fused-ring (bicyclic) bond motifs is 1. The minimum atomic E-state index is -0.897. The summed E-state index contributed by atoms with van der Waals surface area (Å²) in [4.78, 5) is 25.8. The molecule has 0 bridgehead atoms. The normalized spacial score (nSPS) is 26.9. The molecule has 2 heterocycles. The van der Waals surface area contributed by atoms with Gasteiger partial charge in [0.05, 0.1) is 12.0 Å². The minimum absolute atomic E-state index is 0.0714. The quantitative estimate of drug-likeness (QED) is 0.889. The van der Waals surface area contributed by atoms with Crippen LogP contribution in [0.2, 0.25) is 0 Å². The van der Waals surface area contributed by atoms with E-state index in [1.165, 1.54) is 4.90 Å². The van der Waals surface area contributed by atoms with E-state index in [-0.39, 0.29) is 19.0 Å². The molecule has 0 aliphatic carbocycles. The summed E-state index contributed by atoms with van der Waals surface area (Å²) in [5.74, 6) is -3.28. The molecule has 3 rings (SSSR count). The molecule has 2 N–H and O–H groups in total. The molecular formula is C16H18F2N2O3. The molecule has 0 saturated carbocycles. The van der Waals surface area contributed by atoms with Crippen LogP contribution in [-0.2, 0) is 9.53 Å². The first-order valence-corrected chi connectivity index (χ1v) is 7.48. The van der Waals surface area contributed by atoms with Gasteiger partial charge in [0.25, 0.3) is 5.91 Å². The van der Waals surface area contributed by atoms with E-state index in [0.717, 1.165) is 12.1 Å². The molecule has 5 nitrogen and oxygen atoms in total. The van der Waals surface area contributed by atoms with Crippen molar-refractivity contribution in [1.29, 1.82) is 0 Å². The van der Waals surface area contributed by atoms with E-state index in [2.05, 4.69) is 0 Å². The van der Waals surface area contributed by atoms with Gasteiger partial charge in [-0.3, -0.25) is 9.59 Å². The Morgan fingerprint density at radius 1 is 1.35 bits per heavy atom. The smallest absolute Gasteiger partial charge is 0.259 e.